The Bertz CT molecular complexity index is 1510. The van der Waals surface area contributed by atoms with Crippen molar-refractivity contribution in [3.05, 3.63) is 59.1 Å². The predicted molar refractivity (Wildman–Crippen MR) is 179 cm³/mol. The summed E-state index contributed by atoms with van der Waals surface area (Å²) in [7, 11) is 1.78. The van der Waals surface area contributed by atoms with E-state index in [4.69, 9.17) is 21.1 Å². The average molecular weight is 645 g/mol. The molecule has 0 atom stereocenters. The monoisotopic (exact) mass is 644 g/mol. The quantitative estimate of drug-likeness (QED) is 0.141. The van der Waals surface area contributed by atoms with E-state index in [-0.39, 0.29) is 0 Å². The van der Waals surface area contributed by atoms with Crippen LogP contribution in [-0.4, -0.2) is 79.8 Å². The van der Waals surface area contributed by atoms with E-state index in [9.17, 15) is 13.2 Å². The van der Waals surface area contributed by atoms with Crippen molar-refractivity contribution in [2.75, 3.05) is 70.8 Å². The summed E-state index contributed by atoms with van der Waals surface area (Å²) in [6.07, 6.45) is 7.06. The zero-order valence-corrected chi connectivity index (χ0v) is 27.6. The first-order chi connectivity index (χ1) is 21.2. The number of sulfonamides is 1. The first-order valence-corrected chi connectivity index (χ1v) is 17.3. The maximum absolute atomic E-state index is 13.1. The lowest BCUT2D eigenvalue weighted by atomic mass is 10.1. The number of esters is 1. The van der Waals surface area contributed by atoms with Gasteiger partial charge in [-0.3, -0.25) is 4.90 Å². The highest BCUT2D eigenvalue weighted by atomic mass is 35.5. The molecular formula is C33H45ClN4O5S. The Hall–Kier alpha value is -3.05. The molecule has 0 spiro atoms. The Balaban J connectivity index is 1.19. The van der Waals surface area contributed by atoms with E-state index in [1.165, 1.54) is 26.4 Å². The molecule has 1 aliphatic rings. The van der Waals surface area contributed by atoms with Gasteiger partial charge in [-0.15, -0.1) is 0 Å². The molecule has 1 saturated heterocycles. The molecule has 0 amide bonds. The van der Waals surface area contributed by atoms with Gasteiger partial charge in [-0.1, -0.05) is 55.1 Å². The number of nitrogens with zero attached hydrogens (tertiary/aromatic N) is 2. The van der Waals surface area contributed by atoms with Gasteiger partial charge in [-0.25, -0.2) is 17.9 Å². The number of hydrogen-bond acceptors (Lipinski definition) is 8. The summed E-state index contributed by atoms with van der Waals surface area (Å²) in [6, 6.07) is 14.4. The number of ether oxygens (including phenoxy) is 2. The van der Waals surface area contributed by atoms with Crippen molar-refractivity contribution in [3.63, 3.8) is 0 Å². The van der Waals surface area contributed by atoms with E-state index in [1.807, 2.05) is 43.3 Å². The molecule has 0 aliphatic carbocycles. The van der Waals surface area contributed by atoms with Gasteiger partial charge in [0.05, 0.1) is 22.7 Å². The lowest BCUT2D eigenvalue weighted by Gasteiger charge is -2.26. The third-order valence-corrected chi connectivity index (χ3v) is 9.77. The minimum Gasteiger partial charge on any atom is -0.496 e. The first kappa shape index (κ1) is 33.8. The van der Waals surface area contributed by atoms with Crippen LogP contribution in [-0.2, 0) is 14.8 Å². The topological polar surface area (TPSA) is 100 Å². The number of carbonyl (C=O) groups is 1. The van der Waals surface area contributed by atoms with Crippen LogP contribution in [0.4, 0.5) is 11.4 Å². The van der Waals surface area contributed by atoms with Gasteiger partial charge in [0, 0.05) is 56.3 Å². The van der Waals surface area contributed by atoms with Crippen LogP contribution in [0.3, 0.4) is 0 Å². The van der Waals surface area contributed by atoms with Crippen LogP contribution in [0, 0.1) is 0 Å². The molecule has 4 rings (SSSR count). The minimum atomic E-state index is -3.64. The summed E-state index contributed by atoms with van der Waals surface area (Å²) in [6.45, 7) is 4.22. The van der Waals surface area contributed by atoms with E-state index < -0.39 is 16.0 Å². The third kappa shape index (κ3) is 9.00. The first-order valence-electron chi connectivity index (χ1n) is 15.4. The summed E-state index contributed by atoms with van der Waals surface area (Å²) in [5.41, 5.74) is 1.98. The number of fused-ring (bicyclic) bond motifs is 1. The fraction of sp³-hybridized carbons (Fsp3) is 0.485. The number of unbranched alkanes of at least 4 members (excludes halogenated alkanes) is 3. The van der Waals surface area contributed by atoms with E-state index in [0.29, 0.717) is 52.0 Å². The van der Waals surface area contributed by atoms with Crippen LogP contribution < -0.4 is 19.7 Å². The molecular weight excluding hydrogens is 600 g/mol. The lowest BCUT2D eigenvalue weighted by molar-refractivity contribution is 0.0448. The number of likely N-dealkylation sites (tertiary alicyclic amines) is 1. The van der Waals surface area contributed by atoms with Crippen molar-refractivity contribution in [3.8, 4) is 5.75 Å². The maximum atomic E-state index is 13.1. The third-order valence-electron chi connectivity index (χ3n) is 7.94. The Morgan fingerprint density at radius 3 is 2.39 bits per heavy atom. The summed E-state index contributed by atoms with van der Waals surface area (Å²) in [5.74, 6) is -0.0296. The number of carbonyl (C=O) groups excluding carboxylic acids is 1. The molecule has 0 unspecified atom stereocenters. The van der Waals surface area contributed by atoms with Crippen LogP contribution in [0.25, 0.3) is 10.8 Å². The molecule has 11 heteroatoms. The molecule has 0 radical (unpaired) electrons. The van der Waals surface area contributed by atoms with Gasteiger partial charge >= 0.3 is 5.97 Å². The van der Waals surface area contributed by atoms with Gasteiger partial charge in [0.2, 0.25) is 10.0 Å². The number of halogens is 1. The van der Waals surface area contributed by atoms with Gasteiger partial charge in [0.25, 0.3) is 0 Å². The zero-order chi connectivity index (χ0) is 31.5. The Morgan fingerprint density at radius 2 is 1.66 bits per heavy atom. The van der Waals surface area contributed by atoms with E-state index in [0.717, 1.165) is 56.4 Å². The lowest BCUT2D eigenvalue weighted by Crippen LogP contribution is -2.33. The highest BCUT2D eigenvalue weighted by molar-refractivity contribution is 7.89. The van der Waals surface area contributed by atoms with Crippen molar-refractivity contribution in [2.24, 2.45) is 0 Å². The van der Waals surface area contributed by atoms with E-state index in [1.54, 1.807) is 24.3 Å². The molecule has 1 fully saturated rings. The van der Waals surface area contributed by atoms with Gasteiger partial charge < -0.3 is 19.7 Å². The summed E-state index contributed by atoms with van der Waals surface area (Å²) >= 11 is 6.49. The Morgan fingerprint density at radius 1 is 0.955 bits per heavy atom. The second-order valence-corrected chi connectivity index (χ2v) is 13.5. The van der Waals surface area contributed by atoms with Crippen LogP contribution in [0.2, 0.25) is 5.02 Å². The predicted octanol–water partition coefficient (Wildman–Crippen LogP) is 6.16. The largest absolute Gasteiger partial charge is 0.496 e. The Labute approximate surface area is 266 Å². The molecule has 9 nitrogen and oxygen atoms in total. The smallest absolute Gasteiger partial charge is 0.342 e. The molecule has 44 heavy (non-hydrogen) atoms. The van der Waals surface area contributed by atoms with Gasteiger partial charge in [0.15, 0.2) is 0 Å². The highest BCUT2D eigenvalue weighted by Crippen LogP contribution is 2.32. The van der Waals surface area contributed by atoms with Crippen molar-refractivity contribution in [1.29, 1.82) is 0 Å². The number of methoxy groups -OCH3 is 1. The summed E-state index contributed by atoms with van der Waals surface area (Å²) < 4.78 is 39.9. The van der Waals surface area contributed by atoms with Gasteiger partial charge in [-0.05, 0) is 57.0 Å². The molecule has 1 aliphatic heterocycles. The summed E-state index contributed by atoms with van der Waals surface area (Å²) in [4.78, 5) is 17.3. The van der Waals surface area contributed by atoms with Crippen molar-refractivity contribution >= 4 is 49.7 Å². The standard InChI is InChI=1S/C33H45ClN4O5S/c1-37(2)30-15-11-14-26-25(30)13-12-16-32(26)44(40,41)36-18-8-5-4-7-17-35-29-24-31(42-3)27(23-28(29)34)33(39)43-22-21-38-19-9-6-10-20-38/h11-16,23-24,35-36H,4-10,17-22H2,1-3H3. The van der Waals surface area contributed by atoms with Crippen molar-refractivity contribution in [1.82, 2.24) is 9.62 Å². The number of rotatable bonds is 16. The number of piperidine rings is 1. The van der Waals surface area contributed by atoms with Crippen molar-refractivity contribution < 1.29 is 22.7 Å². The summed E-state index contributed by atoms with van der Waals surface area (Å²) in [5, 5.41) is 5.36. The van der Waals surface area contributed by atoms with Gasteiger partial charge in [-0.2, -0.15) is 0 Å². The normalized spacial score (nSPS) is 14.0. The molecule has 3 aromatic carbocycles. The number of anilines is 2. The van der Waals surface area contributed by atoms with E-state index >= 15 is 0 Å². The molecule has 0 saturated carbocycles. The van der Waals surface area contributed by atoms with Crippen LogP contribution in [0.5, 0.6) is 5.75 Å². The van der Waals surface area contributed by atoms with Crippen LogP contribution >= 0.6 is 11.6 Å². The van der Waals surface area contributed by atoms with Crippen molar-refractivity contribution in [2.45, 2.75) is 49.8 Å². The maximum Gasteiger partial charge on any atom is 0.342 e. The molecule has 240 valence electrons. The molecule has 0 bridgehead atoms. The Kier molecular flexibility index (Phi) is 12.5. The number of nitrogens with one attached hydrogen (secondary N) is 2. The fourth-order valence-electron chi connectivity index (χ4n) is 5.55. The zero-order valence-electron chi connectivity index (χ0n) is 26.0. The molecule has 0 aromatic heterocycles. The number of benzene rings is 3. The van der Waals surface area contributed by atoms with Crippen LogP contribution in [0.15, 0.2) is 53.4 Å². The van der Waals surface area contributed by atoms with E-state index in [2.05, 4.69) is 14.9 Å². The van der Waals surface area contributed by atoms with Gasteiger partial charge in [0.1, 0.15) is 17.9 Å². The SMILES string of the molecule is COc1cc(NCCCCCCNS(=O)(=O)c2cccc3c(N(C)C)cccc23)c(Cl)cc1C(=O)OCCN1CCCCC1. The fourth-order valence-corrected chi connectivity index (χ4v) is 7.07. The second kappa shape index (κ2) is 16.3. The number of hydrogen-bond donors (Lipinski definition) is 2. The minimum absolute atomic E-state index is 0.298. The highest BCUT2D eigenvalue weighted by Gasteiger charge is 2.19. The second-order valence-electron chi connectivity index (χ2n) is 11.3. The molecule has 1 heterocycles. The van der Waals surface area contributed by atoms with Crippen LogP contribution in [0.1, 0.15) is 55.3 Å². The molecule has 3 aromatic rings. The molecule has 2 N–H and O–H groups in total. The average Bonchev–Trinajstić information content (AvgIpc) is 3.02.